The number of benzene rings is 1. The molecule has 0 aliphatic rings. The van der Waals surface area contributed by atoms with E-state index in [-0.39, 0.29) is 0 Å². The van der Waals surface area contributed by atoms with Crippen molar-refractivity contribution in [1.82, 2.24) is 10.6 Å². The molecule has 0 aromatic heterocycles. The highest BCUT2D eigenvalue weighted by molar-refractivity contribution is 6.60. The quantitative estimate of drug-likeness (QED) is 0.429. The Balaban J connectivity index is 1.95. The van der Waals surface area contributed by atoms with Gasteiger partial charge in [0.25, 0.3) is 0 Å². The Labute approximate surface area is 135 Å². The molecule has 0 heterocycles. The van der Waals surface area contributed by atoms with Gasteiger partial charge in [-0.3, -0.25) is 0 Å². The first-order chi connectivity index (χ1) is 10.8. The van der Waals surface area contributed by atoms with E-state index >= 15 is 0 Å². The predicted molar refractivity (Wildman–Crippen MR) is 91.8 cm³/mol. The summed E-state index contributed by atoms with van der Waals surface area (Å²) in [5.41, 5.74) is 1.33. The van der Waals surface area contributed by atoms with Crippen molar-refractivity contribution in [3.8, 4) is 0 Å². The van der Waals surface area contributed by atoms with Crippen LogP contribution in [0.25, 0.3) is 0 Å². The topological polar surface area (TPSA) is 51.8 Å². The molecule has 0 amide bonds. The Hall–Kier alpha value is -0.763. The van der Waals surface area contributed by atoms with Crippen molar-refractivity contribution in [2.75, 3.05) is 41.0 Å². The number of nitrogens with one attached hydrogen (secondary N) is 2. The lowest BCUT2D eigenvalue weighted by atomic mass is 10.2. The van der Waals surface area contributed by atoms with E-state index in [0.29, 0.717) is 0 Å². The average molecular weight is 327 g/mol. The van der Waals surface area contributed by atoms with Gasteiger partial charge in [-0.05, 0) is 38.0 Å². The van der Waals surface area contributed by atoms with Gasteiger partial charge in [-0.25, -0.2) is 0 Å². The maximum Gasteiger partial charge on any atom is 0.500 e. The number of hydrogen-bond acceptors (Lipinski definition) is 5. The minimum absolute atomic E-state index is 0.843. The number of rotatable bonds is 13. The molecule has 0 unspecified atom stereocenters. The molecule has 0 aliphatic carbocycles. The van der Waals surface area contributed by atoms with Crippen molar-refractivity contribution in [1.29, 1.82) is 0 Å². The molecule has 6 heteroatoms. The minimum atomic E-state index is -2.39. The second-order valence-corrected chi connectivity index (χ2v) is 8.26. The fourth-order valence-electron chi connectivity index (χ4n) is 2.28. The van der Waals surface area contributed by atoms with E-state index < -0.39 is 8.80 Å². The van der Waals surface area contributed by atoms with E-state index in [0.717, 1.165) is 45.1 Å². The second-order valence-electron chi connectivity index (χ2n) is 5.16. The summed E-state index contributed by atoms with van der Waals surface area (Å²) in [6.45, 7) is 3.94. The van der Waals surface area contributed by atoms with Gasteiger partial charge in [-0.15, -0.1) is 0 Å². The smallest absolute Gasteiger partial charge is 0.377 e. The molecule has 0 fully saturated rings. The predicted octanol–water partition coefficient (Wildman–Crippen LogP) is 2.02. The van der Waals surface area contributed by atoms with Crippen LogP contribution in [-0.4, -0.2) is 49.8 Å². The normalized spacial score (nSPS) is 11.8. The zero-order chi connectivity index (χ0) is 16.1. The SMILES string of the molecule is CO[Si](CCCNCCCNCc1ccccc1)(OC)OC. The molecule has 0 radical (unpaired) electrons. The highest BCUT2D eigenvalue weighted by Crippen LogP contribution is 2.14. The fourth-order valence-corrected chi connectivity index (χ4v) is 4.00. The molecule has 0 atom stereocenters. The maximum absolute atomic E-state index is 5.39. The van der Waals surface area contributed by atoms with E-state index in [4.69, 9.17) is 13.3 Å². The molecule has 1 rings (SSSR count). The molecule has 1 aromatic carbocycles. The third-order valence-corrected chi connectivity index (χ3v) is 6.48. The Kier molecular flexibility index (Phi) is 10.3. The molecule has 22 heavy (non-hydrogen) atoms. The van der Waals surface area contributed by atoms with Gasteiger partial charge in [0.15, 0.2) is 0 Å². The van der Waals surface area contributed by atoms with E-state index in [1.807, 2.05) is 6.07 Å². The van der Waals surface area contributed by atoms with Crippen molar-refractivity contribution in [3.63, 3.8) is 0 Å². The van der Waals surface area contributed by atoms with Gasteiger partial charge < -0.3 is 23.9 Å². The molecule has 0 spiro atoms. The Bertz CT molecular complexity index is 367. The van der Waals surface area contributed by atoms with Crippen LogP contribution >= 0.6 is 0 Å². The van der Waals surface area contributed by atoms with Crippen LogP contribution in [0.15, 0.2) is 30.3 Å². The Morgan fingerprint density at radius 1 is 0.818 bits per heavy atom. The van der Waals surface area contributed by atoms with Gasteiger partial charge in [-0.1, -0.05) is 30.3 Å². The van der Waals surface area contributed by atoms with Gasteiger partial charge in [0.05, 0.1) is 0 Å². The molecule has 0 saturated heterocycles. The lowest BCUT2D eigenvalue weighted by molar-refractivity contribution is 0.123. The van der Waals surface area contributed by atoms with E-state index in [9.17, 15) is 0 Å². The molecular formula is C16H30N2O3Si. The lowest BCUT2D eigenvalue weighted by Gasteiger charge is -2.24. The molecular weight excluding hydrogens is 296 g/mol. The first kappa shape index (κ1) is 19.3. The summed E-state index contributed by atoms with van der Waals surface area (Å²) in [6, 6.07) is 11.3. The summed E-state index contributed by atoms with van der Waals surface area (Å²) < 4.78 is 16.2. The second kappa shape index (κ2) is 11.8. The minimum Gasteiger partial charge on any atom is -0.377 e. The summed E-state index contributed by atoms with van der Waals surface area (Å²) in [6.07, 6.45) is 2.12. The van der Waals surface area contributed by atoms with Crippen molar-refractivity contribution in [2.45, 2.75) is 25.4 Å². The first-order valence-electron chi connectivity index (χ1n) is 7.87. The highest BCUT2D eigenvalue weighted by Gasteiger charge is 2.36. The summed E-state index contributed by atoms with van der Waals surface area (Å²) in [4.78, 5) is 0. The standard InChI is InChI=1S/C16H30N2O3Si/c1-19-22(20-2,21-3)14-8-13-17-11-7-12-18-15-16-9-5-4-6-10-16/h4-6,9-10,17-18H,7-8,11-15H2,1-3H3. The number of hydrogen-bond donors (Lipinski definition) is 2. The van der Waals surface area contributed by atoms with Crippen molar-refractivity contribution in [2.24, 2.45) is 0 Å². The van der Waals surface area contributed by atoms with Gasteiger partial charge in [0.1, 0.15) is 0 Å². The summed E-state index contributed by atoms with van der Waals surface area (Å²) in [7, 11) is 2.58. The lowest BCUT2D eigenvalue weighted by Crippen LogP contribution is -2.43. The van der Waals surface area contributed by atoms with Crippen LogP contribution in [0.3, 0.4) is 0 Å². The molecule has 0 saturated carbocycles. The van der Waals surface area contributed by atoms with Gasteiger partial charge in [0, 0.05) is 33.9 Å². The fraction of sp³-hybridized carbons (Fsp3) is 0.625. The first-order valence-corrected chi connectivity index (χ1v) is 9.80. The maximum atomic E-state index is 5.39. The molecule has 0 bridgehead atoms. The summed E-state index contributed by atoms with van der Waals surface area (Å²) in [5, 5.41) is 6.90. The van der Waals surface area contributed by atoms with Crippen LogP contribution in [0, 0.1) is 0 Å². The Morgan fingerprint density at radius 3 is 2.05 bits per heavy atom. The van der Waals surface area contributed by atoms with E-state index in [2.05, 4.69) is 34.9 Å². The monoisotopic (exact) mass is 326 g/mol. The van der Waals surface area contributed by atoms with Crippen LogP contribution in [0.2, 0.25) is 6.04 Å². The van der Waals surface area contributed by atoms with Gasteiger partial charge in [0.2, 0.25) is 0 Å². The van der Waals surface area contributed by atoms with Gasteiger partial charge in [-0.2, -0.15) is 0 Å². The van der Waals surface area contributed by atoms with Crippen LogP contribution in [0.5, 0.6) is 0 Å². The van der Waals surface area contributed by atoms with Crippen LogP contribution in [0.1, 0.15) is 18.4 Å². The van der Waals surface area contributed by atoms with Crippen molar-refractivity contribution in [3.05, 3.63) is 35.9 Å². The van der Waals surface area contributed by atoms with Crippen LogP contribution < -0.4 is 10.6 Å². The molecule has 0 aliphatic heterocycles. The molecule has 126 valence electrons. The zero-order valence-corrected chi connectivity index (χ0v) is 15.1. The largest absolute Gasteiger partial charge is 0.500 e. The third kappa shape index (κ3) is 7.48. The molecule has 1 aromatic rings. The van der Waals surface area contributed by atoms with E-state index in [1.54, 1.807) is 21.3 Å². The molecule has 5 nitrogen and oxygen atoms in total. The molecule has 2 N–H and O–H groups in total. The summed E-state index contributed by atoms with van der Waals surface area (Å²) >= 11 is 0. The van der Waals surface area contributed by atoms with Crippen molar-refractivity contribution < 1.29 is 13.3 Å². The third-order valence-electron chi connectivity index (χ3n) is 3.65. The average Bonchev–Trinajstić information content (AvgIpc) is 2.58. The highest BCUT2D eigenvalue weighted by atomic mass is 28.4. The van der Waals surface area contributed by atoms with E-state index in [1.165, 1.54) is 5.56 Å². The Morgan fingerprint density at radius 2 is 1.41 bits per heavy atom. The van der Waals surface area contributed by atoms with Crippen LogP contribution in [-0.2, 0) is 19.8 Å². The van der Waals surface area contributed by atoms with Crippen LogP contribution in [0.4, 0.5) is 0 Å². The van der Waals surface area contributed by atoms with Crippen molar-refractivity contribution >= 4 is 8.80 Å². The van der Waals surface area contributed by atoms with Gasteiger partial charge >= 0.3 is 8.80 Å². The zero-order valence-electron chi connectivity index (χ0n) is 14.1. The summed E-state index contributed by atoms with van der Waals surface area (Å²) in [5.74, 6) is 0.